The van der Waals surface area contributed by atoms with Gasteiger partial charge < -0.3 is 0 Å². The summed E-state index contributed by atoms with van der Waals surface area (Å²) in [4.78, 5) is 0. The normalized spacial score (nSPS) is 12.6. The van der Waals surface area contributed by atoms with Crippen LogP contribution >= 0.6 is 15.9 Å². The molecule has 1 rings (SSSR count). The van der Waals surface area contributed by atoms with Crippen molar-refractivity contribution >= 4 is 26.0 Å². The van der Waals surface area contributed by atoms with E-state index in [0.717, 1.165) is 0 Å². The zero-order valence-electron chi connectivity index (χ0n) is 10.4. The van der Waals surface area contributed by atoms with Gasteiger partial charge in [-0.25, -0.2) is 13.1 Å². The summed E-state index contributed by atoms with van der Waals surface area (Å²) in [6, 6.07) is 0. The summed E-state index contributed by atoms with van der Waals surface area (Å²) in [7, 11) is -1.98. The Morgan fingerprint density at radius 3 is 2.41 bits per heavy atom. The van der Waals surface area contributed by atoms with E-state index in [0.29, 0.717) is 13.1 Å². The highest BCUT2D eigenvalue weighted by Gasteiger charge is 2.30. The summed E-state index contributed by atoms with van der Waals surface area (Å²) in [5, 5.41) is 7.49. The van der Waals surface area contributed by atoms with Gasteiger partial charge in [-0.3, -0.25) is 0 Å². The highest BCUT2D eigenvalue weighted by atomic mass is 79.9. The van der Waals surface area contributed by atoms with Crippen molar-refractivity contribution in [3.05, 3.63) is 4.60 Å². The van der Waals surface area contributed by atoms with E-state index in [-0.39, 0.29) is 15.5 Å². The predicted molar refractivity (Wildman–Crippen MR) is 68.0 cm³/mol. The molecule has 0 radical (unpaired) electrons. The van der Waals surface area contributed by atoms with Crippen molar-refractivity contribution in [3.63, 3.8) is 0 Å². The first-order valence-corrected chi connectivity index (χ1v) is 7.59. The fourth-order valence-corrected chi connectivity index (χ4v) is 4.17. The molecule has 0 fully saturated rings. The van der Waals surface area contributed by atoms with Crippen molar-refractivity contribution in [3.8, 4) is 0 Å². The third-order valence-corrected chi connectivity index (χ3v) is 5.07. The average molecular weight is 325 g/mol. The summed E-state index contributed by atoms with van der Waals surface area (Å²) in [5.41, 5.74) is 0. The number of hydrogen-bond acceptors (Lipinski definition) is 4. The monoisotopic (exact) mass is 324 g/mol. The second kappa shape index (κ2) is 5.45. The first-order chi connectivity index (χ1) is 7.80. The maximum Gasteiger partial charge on any atom is 0.263 e. The van der Waals surface area contributed by atoms with Gasteiger partial charge in [-0.05, 0) is 21.8 Å². The molecule has 8 heteroatoms. The van der Waals surface area contributed by atoms with E-state index in [9.17, 15) is 8.42 Å². The molecule has 0 spiro atoms. The van der Waals surface area contributed by atoms with Crippen LogP contribution in [0.15, 0.2) is 9.63 Å². The van der Waals surface area contributed by atoms with Crippen molar-refractivity contribution in [2.24, 2.45) is 13.0 Å². The zero-order valence-corrected chi connectivity index (χ0v) is 12.8. The van der Waals surface area contributed by atoms with Crippen molar-refractivity contribution < 1.29 is 8.42 Å². The maximum atomic E-state index is 12.4. The largest absolute Gasteiger partial charge is 0.263 e. The Bertz CT molecular complexity index is 464. The van der Waals surface area contributed by atoms with E-state index in [2.05, 4.69) is 26.2 Å². The molecule has 1 aromatic heterocycles. The molecule has 6 nitrogen and oxygen atoms in total. The van der Waals surface area contributed by atoms with Crippen LogP contribution in [0.5, 0.6) is 0 Å². The summed E-state index contributed by atoms with van der Waals surface area (Å²) < 4.78 is 27.7. The molecule has 0 aliphatic heterocycles. The molecule has 1 aromatic rings. The van der Waals surface area contributed by atoms with Crippen LogP contribution in [0.2, 0.25) is 0 Å². The number of hydrogen-bond donors (Lipinski definition) is 0. The van der Waals surface area contributed by atoms with Gasteiger partial charge in [-0.15, -0.1) is 5.10 Å². The molecule has 0 aliphatic carbocycles. The fraction of sp³-hybridized carbons (Fsp3) is 0.778. The number of aromatic nitrogens is 3. The van der Waals surface area contributed by atoms with E-state index < -0.39 is 10.0 Å². The van der Waals surface area contributed by atoms with Crippen LogP contribution < -0.4 is 0 Å². The van der Waals surface area contributed by atoms with Crippen LogP contribution in [0.1, 0.15) is 20.8 Å². The Balaban J connectivity index is 3.18. The number of halogens is 1. The van der Waals surface area contributed by atoms with Crippen LogP contribution in [0, 0.1) is 5.92 Å². The third kappa shape index (κ3) is 3.05. The van der Waals surface area contributed by atoms with Crippen LogP contribution in [0.4, 0.5) is 0 Å². The quantitative estimate of drug-likeness (QED) is 0.817. The topological polar surface area (TPSA) is 68.1 Å². The Labute approximate surface area is 110 Å². The molecular weight excluding hydrogens is 308 g/mol. The van der Waals surface area contributed by atoms with E-state index in [1.54, 1.807) is 7.05 Å². The highest BCUT2D eigenvalue weighted by molar-refractivity contribution is 9.10. The van der Waals surface area contributed by atoms with E-state index >= 15 is 0 Å². The minimum Gasteiger partial charge on any atom is -0.235 e. The molecule has 0 atom stereocenters. The standard InChI is InChI=1S/C9H17BrN4O2S/c1-5-14(6-7(2)3)17(15,16)9-8(10)11-12-13(9)4/h7H,5-6H2,1-4H3. The number of aryl methyl sites for hydroxylation is 1. The molecule has 0 unspecified atom stereocenters. The van der Waals surface area contributed by atoms with Gasteiger partial charge in [0.1, 0.15) is 0 Å². The molecule has 0 N–H and O–H groups in total. The van der Waals surface area contributed by atoms with Crippen molar-refractivity contribution in [2.75, 3.05) is 13.1 Å². The molecule has 0 aromatic carbocycles. The number of nitrogens with zero attached hydrogens (tertiary/aromatic N) is 4. The summed E-state index contributed by atoms with van der Waals surface area (Å²) in [6.07, 6.45) is 0. The SMILES string of the molecule is CCN(CC(C)C)S(=O)(=O)c1c(Br)nnn1C. The van der Waals surface area contributed by atoms with Gasteiger partial charge in [0, 0.05) is 20.1 Å². The first-order valence-electron chi connectivity index (χ1n) is 5.36. The maximum absolute atomic E-state index is 12.4. The van der Waals surface area contributed by atoms with E-state index in [1.807, 2.05) is 20.8 Å². The second-order valence-electron chi connectivity index (χ2n) is 4.16. The Kier molecular flexibility index (Phi) is 4.68. The first kappa shape index (κ1) is 14.6. The lowest BCUT2D eigenvalue weighted by Gasteiger charge is -2.21. The average Bonchev–Trinajstić information content (AvgIpc) is 2.54. The molecular formula is C9H17BrN4O2S. The van der Waals surface area contributed by atoms with Gasteiger partial charge in [-0.1, -0.05) is 26.0 Å². The lowest BCUT2D eigenvalue weighted by molar-refractivity contribution is 0.376. The Hall–Kier alpha value is -0.470. The van der Waals surface area contributed by atoms with Gasteiger partial charge in [0.05, 0.1) is 0 Å². The van der Waals surface area contributed by atoms with E-state index in [4.69, 9.17) is 0 Å². The second-order valence-corrected chi connectivity index (χ2v) is 6.76. The van der Waals surface area contributed by atoms with Crippen LogP contribution in [0.3, 0.4) is 0 Å². The molecule has 0 saturated carbocycles. The van der Waals surface area contributed by atoms with Crippen LogP contribution in [-0.4, -0.2) is 40.8 Å². The van der Waals surface area contributed by atoms with Crippen LogP contribution in [0.25, 0.3) is 0 Å². The number of rotatable bonds is 5. The minimum absolute atomic E-state index is 0.0972. The summed E-state index contributed by atoms with van der Waals surface area (Å²) in [5.74, 6) is 0.268. The minimum atomic E-state index is -3.54. The lowest BCUT2D eigenvalue weighted by atomic mass is 10.2. The van der Waals surface area contributed by atoms with Crippen molar-refractivity contribution in [1.82, 2.24) is 19.3 Å². The zero-order chi connectivity index (χ0) is 13.2. The van der Waals surface area contributed by atoms with Crippen molar-refractivity contribution in [2.45, 2.75) is 25.8 Å². The molecule has 0 bridgehead atoms. The molecule has 98 valence electrons. The molecule has 17 heavy (non-hydrogen) atoms. The highest BCUT2D eigenvalue weighted by Crippen LogP contribution is 2.22. The Morgan fingerprint density at radius 1 is 1.47 bits per heavy atom. The van der Waals surface area contributed by atoms with Gasteiger partial charge >= 0.3 is 0 Å². The third-order valence-electron chi connectivity index (χ3n) is 2.24. The van der Waals surface area contributed by atoms with Gasteiger partial charge in [0.2, 0.25) is 5.03 Å². The molecule has 0 saturated heterocycles. The van der Waals surface area contributed by atoms with Crippen molar-refractivity contribution in [1.29, 1.82) is 0 Å². The summed E-state index contributed by atoms with van der Waals surface area (Å²) >= 11 is 3.12. The fourth-order valence-electron chi connectivity index (χ4n) is 1.52. The van der Waals surface area contributed by atoms with E-state index in [1.165, 1.54) is 8.99 Å². The van der Waals surface area contributed by atoms with Crippen LogP contribution in [-0.2, 0) is 17.1 Å². The summed E-state index contributed by atoms with van der Waals surface area (Å²) in [6.45, 7) is 6.69. The molecule has 0 amide bonds. The van der Waals surface area contributed by atoms with Gasteiger partial charge in [-0.2, -0.15) is 4.31 Å². The Morgan fingerprint density at radius 2 is 2.06 bits per heavy atom. The van der Waals surface area contributed by atoms with Gasteiger partial charge in [0.15, 0.2) is 4.60 Å². The molecule has 0 aliphatic rings. The molecule has 1 heterocycles. The predicted octanol–water partition coefficient (Wildman–Crippen LogP) is 1.24. The lowest BCUT2D eigenvalue weighted by Crippen LogP contribution is -2.35. The van der Waals surface area contributed by atoms with Gasteiger partial charge in [0.25, 0.3) is 10.0 Å². The number of sulfonamides is 1. The smallest absolute Gasteiger partial charge is 0.235 e.